The number of ether oxygens (including phenoxy) is 1. The SMILES string of the molecule is COC(CNC(=O)N1CCCC(C)(O)C1)CC(=O)O. The van der Waals surface area contributed by atoms with E-state index in [1.807, 2.05) is 0 Å². The quantitative estimate of drug-likeness (QED) is 0.657. The topological polar surface area (TPSA) is 99.1 Å². The lowest BCUT2D eigenvalue weighted by atomic mass is 9.95. The second-order valence-corrected chi connectivity index (χ2v) is 5.16. The summed E-state index contributed by atoms with van der Waals surface area (Å²) in [6.45, 7) is 2.73. The maximum Gasteiger partial charge on any atom is 0.317 e. The molecule has 1 saturated heterocycles. The molecule has 0 radical (unpaired) electrons. The molecule has 0 aromatic carbocycles. The highest BCUT2D eigenvalue weighted by atomic mass is 16.5. The normalized spacial score (nSPS) is 24.9. The first-order valence-electron chi connectivity index (χ1n) is 6.34. The van der Waals surface area contributed by atoms with Crippen molar-refractivity contribution in [2.24, 2.45) is 0 Å². The number of urea groups is 1. The maximum atomic E-state index is 11.9. The first kappa shape index (κ1) is 15.7. The zero-order valence-electron chi connectivity index (χ0n) is 11.4. The van der Waals surface area contributed by atoms with E-state index < -0.39 is 17.7 Å². The number of carboxylic acid groups (broad SMARTS) is 1. The number of β-amino-alcohol motifs (C(OH)–C–C–N with tert-alkyl or cyclic N) is 1. The molecule has 3 N–H and O–H groups in total. The summed E-state index contributed by atoms with van der Waals surface area (Å²) in [4.78, 5) is 24.0. The molecular formula is C12H22N2O5. The number of aliphatic carboxylic acids is 1. The second kappa shape index (κ2) is 6.72. The predicted octanol–water partition coefficient (Wildman–Crippen LogP) is 0.0325. The van der Waals surface area contributed by atoms with E-state index in [0.29, 0.717) is 13.0 Å². The van der Waals surface area contributed by atoms with Crippen molar-refractivity contribution in [3.63, 3.8) is 0 Å². The maximum absolute atomic E-state index is 11.9. The van der Waals surface area contributed by atoms with Gasteiger partial charge in [0.05, 0.1) is 24.7 Å². The zero-order valence-corrected chi connectivity index (χ0v) is 11.4. The van der Waals surface area contributed by atoms with E-state index in [2.05, 4.69) is 5.32 Å². The van der Waals surface area contributed by atoms with Crippen LogP contribution in [0.15, 0.2) is 0 Å². The number of carbonyl (C=O) groups excluding carboxylic acids is 1. The van der Waals surface area contributed by atoms with Gasteiger partial charge in [-0.15, -0.1) is 0 Å². The number of rotatable bonds is 5. The molecule has 2 unspecified atom stereocenters. The largest absolute Gasteiger partial charge is 0.481 e. The van der Waals surface area contributed by atoms with Crippen LogP contribution < -0.4 is 5.32 Å². The van der Waals surface area contributed by atoms with Crippen molar-refractivity contribution in [3.05, 3.63) is 0 Å². The van der Waals surface area contributed by atoms with Crippen molar-refractivity contribution in [1.29, 1.82) is 0 Å². The number of carbonyl (C=O) groups is 2. The van der Waals surface area contributed by atoms with Gasteiger partial charge in [0.25, 0.3) is 0 Å². The first-order chi connectivity index (χ1) is 8.84. The Morgan fingerprint density at radius 2 is 2.21 bits per heavy atom. The summed E-state index contributed by atoms with van der Waals surface area (Å²) in [5.41, 5.74) is -0.850. The molecule has 1 aliphatic heterocycles. The predicted molar refractivity (Wildman–Crippen MR) is 67.9 cm³/mol. The van der Waals surface area contributed by atoms with Gasteiger partial charge in [-0.3, -0.25) is 4.79 Å². The number of piperidine rings is 1. The molecule has 0 spiro atoms. The van der Waals surface area contributed by atoms with Gasteiger partial charge in [0, 0.05) is 20.2 Å². The Kier molecular flexibility index (Phi) is 5.56. The highest BCUT2D eigenvalue weighted by Crippen LogP contribution is 2.19. The van der Waals surface area contributed by atoms with E-state index >= 15 is 0 Å². The number of amides is 2. The average Bonchev–Trinajstić information content (AvgIpc) is 2.32. The monoisotopic (exact) mass is 274 g/mol. The lowest BCUT2D eigenvalue weighted by Gasteiger charge is -2.36. The minimum absolute atomic E-state index is 0.139. The van der Waals surface area contributed by atoms with E-state index in [1.54, 1.807) is 6.92 Å². The van der Waals surface area contributed by atoms with Gasteiger partial charge in [-0.25, -0.2) is 4.79 Å². The first-order valence-corrected chi connectivity index (χ1v) is 6.34. The Bertz CT molecular complexity index is 332. The highest BCUT2D eigenvalue weighted by molar-refractivity contribution is 5.74. The summed E-state index contributed by atoms with van der Waals surface area (Å²) < 4.78 is 4.98. The molecule has 2 amide bonds. The van der Waals surface area contributed by atoms with Crippen LogP contribution in [0.5, 0.6) is 0 Å². The van der Waals surface area contributed by atoms with Crippen molar-refractivity contribution in [1.82, 2.24) is 10.2 Å². The number of hydrogen-bond donors (Lipinski definition) is 3. The molecule has 1 aliphatic rings. The van der Waals surface area contributed by atoms with Gasteiger partial charge >= 0.3 is 12.0 Å². The zero-order chi connectivity index (χ0) is 14.5. The molecule has 7 nitrogen and oxygen atoms in total. The van der Waals surface area contributed by atoms with Crippen molar-refractivity contribution in [2.45, 2.75) is 37.9 Å². The van der Waals surface area contributed by atoms with Crippen LogP contribution in [0.1, 0.15) is 26.2 Å². The highest BCUT2D eigenvalue weighted by Gasteiger charge is 2.31. The smallest absolute Gasteiger partial charge is 0.317 e. The molecule has 1 heterocycles. The molecule has 2 atom stereocenters. The molecule has 1 fully saturated rings. The fraction of sp³-hybridized carbons (Fsp3) is 0.833. The number of carboxylic acids is 1. The van der Waals surface area contributed by atoms with Gasteiger partial charge < -0.3 is 25.2 Å². The minimum atomic E-state index is -0.970. The Labute approximate surface area is 112 Å². The van der Waals surface area contributed by atoms with Crippen molar-refractivity contribution >= 4 is 12.0 Å². The van der Waals surface area contributed by atoms with E-state index in [4.69, 9.17) is 9.84 Å². The summed E-state index contributed by atoms with van der Waals surface area (Å²) in [6.07, 6.45) is 0.723. The van der Waals surface area contributed by atoms with Gasteiger partial charge in [-0.1, -0.05) is 0 Å². The molecule has 0 aromatic rings. The van der Waals surface area contributed by atoms with Crippen LogP contribution >= 0.6 is 0 Å². The third kappa shape index (κ3) is 5.44. The number of methoxy groups -OCH3 is 1. The van der Waals surface area contributed by atoms with Crippen LogP contribution in [-0.2, 0) is 9.53 Å². The number of nitrogens with one attached hydrogen (secondary N) is 1. The van der Waals surface area contributed by atoms with E-state index in [1.165, 1.54) is 12.0 Å². The lowest BCUT2D eigenvalue weighted by Crippen LogP contribution is -2.52. The van der Waals surface area contributed by atoms with Crippen molar-refractivity contribution in [2.75, 3.05) is 26.7 Å². The fourth-order valence-corrected chi connectivity index (χ4v) is 2.14. The van der Waals surface area contributed by atoms with Crippen LogP contribution in [0.2, 0.25) is 0 Å². The van der Waals surface area contributed by atoms with E-state index in [-0.39, 0.29) is 25.5 Å². The number of hydrogen-bond acceptors (Lipinski definition) is 4. The number of likely N-dealkylation sites (tertiary alicyclic amines) is 1. The summed E-state index contributed by atoms with van der Waals surface area (Å²) >= 11 is 0. The molecule has 0 saturated carbocycles. The molecule has 1 rings (SSSR count). The van der Waals surface area contributed by atoms with Crippen LogP contribution in [-0.4, -0.2) is 65.6 Å². The summed E-state index contributed by atoms with van der Waals surface area (Å²) in [7, 11) is 1.41. The molecule has 19 heavy (non-hydrogen) atoms. The summed E-state index contributed by atoms with van der Waals surface area (Å²) in [5, 5.41) is 21.2. The third-order valence-corrected chi connectivity index (χ3v) is 3.18. The molecule has 7 heteroatoms. The Morgan fingerprint density at radius 3 is 2.74 bits per heavy atom. The van der Waals surface area contributed by atoms with Crippen molar-refractivity contribution in [3.8, 4) is 0 Å². The molecule has 0 bridgehead atoms. The standard InChI is InChI=1S/C12H22N2O5/c1-12(18)4-3-5-14(8-12)11(17)13-7-9(19-2)6-10(15)16/h9,18H,3-8H2,1-2H3,(H,13,17)(H,15,16). The van der Waals surface area contributed by atoms with Crippen LogP contribution in [0.3, 0.4) is 0 Å². The van der Waals surface area contributed by atoms with Gasteiger partial charge in [0.2, 0.25) is 0 Å². The second-order valence-electron chi connectivity index (χ2n) is 5.16. The van der Waals surface area contributed by atoms with Crippen LogP contribution in [0, 0.1) is 0 Å². The van der Waals surface area contributed by atoms with Crippen LogP contribution in [0.25, 0.3) is 0 Å². The molecule has 0 aromatic heterocycles. The third-order valence-electron chi connectivity index (χ3n) is 3.18. The molecule has 110 valence electrons. The Hall–Kier alpha value is -1.34. The number of aliphatic hydroxyl groups is 1. The van der Waals surface area contributed by atoms with Crippen LogP contribution in [0.4, 0.5) is 4.79 Å². The summed E-state index contributed by atoms with van der Waals surface area (Å²) in [6, 6.07) is -0.299. The van der Waals surface area contributed by atoms with Gasteiger partial charge in [-0.05, 0) is 19.8 Å². The van der Waals surface area contributed by atoms with Gasteiger partial charge in [-0.2, -0.15) is 0 Å². The minimum Gasteiger partial charge on any atom is -0.481 e. The van der Waals surface area contributed by atoms with Gasteiger partial charge in [0.15, 0.2) is 0 Å². The lowest BCUT2D eigenvalue weighted by molar-refractivity contribution is -0.139. The van der Waals surface area contributed by atoms with Crippen molar-refractivity contribution < 1.29 is 24.5 Å². The van der Waals surface area contributed by atoms with Gasteiger partial charge in [0.1, 0.15) is 0 Å². The molecule has 0 aliphatic carbocycles. The van der Waals surface area contributed by atoms with E-state index in [0.717, 1.165) is 6.42 Å². The summed E-state index contributed by atoms with van der Waals surface area (Å²) in [5.74, 6) is -0.970. The van der Waals surface area contributed by atoms with E-state index in [9.17, 15) is 14.7 Å². The fourth-order valence-electron chi connectivity index (χ4n) is 2.14. The average molecular weight is 274 g/mol. The molecular weight excluding hydrogens is 252 g/mol. The Morgan fingerprint density at radius 1 is 1.53 bits per heavy atom. The Balaban J connectivity index is 2.39. The number of nitrogens with zero attached hydrogens (tertiary/aromatic N) is 1.